The van der Waals surface area contributed by atoms with E-state index in [1.807, 2.05) is 0 Å². The van der Waals surface area contributed by atoms with E-state index < -0.39 is 25.9 Å². The van der Waals surface area contributed by atoms with Crippen molar-refractivity contribution in [3.05, 3.63) is 58.9 Å². The number of primary sulfonamides is 1. The van der Waals surface area contributed by atoms with Crippen LogP contribution in [0.1, 0.15) is 18.4 Å². The molecule has 0 radical (unpaired) electrons. The highest BCUT2D eigenvalue weighted by Gasteiger charge is 2.38. The second-order valence-corrected chi connectivity index (χ2v) is 9.86. The highest BCUT2D eigenvalue weighted by atomic mass is 35.5. The first-order chi connectivity index (χ1) is 12.1. The van der Waals surface area contributed by atoms with E-state index in [1.165, 1.54) is 34.6 Å². The predicted octanol–water partition coefficient (Wildman–Crippen LogP) is 2.48. The molecule has 2 aromatic carbocycles. The fraction of sp³-hybridized carbons (Fsp3) is 0.250. The summed E-state index contributed by atoms with van der Waals surface area (Å²) in [6, 6.07) is 8.53. The third-order valence-electron chi connectivity index (χ3n) is 4.09. The maximum atomic E-state index is 14.1. The van der Waals surface area contributed by atoms with Crippen molar-refractivity contribution in [3.8, 4) is 0 Å². The molecule has 0 aliphatic heterocycles. The van der Waals surface area contributed by atoms with Crippen LogP contribution in [0.25, 0.3) is 0 Å². The van der Waals surface area contributed by atoms with E-state index in [-0.39, 0.29) is 33.0 Å². The third kappa shape index (κ3) is 3.91. The highest BCUT2D eigenvalue weighted by Crippen LogP contribution is 2.35. The molecule has 0 saturated heterocycles. The van der Waals surface area contributed by atoms with E-state index >= 15 is 0 Å². The lowest BCUT2D eigenvalue weighted by molar-refractivity contribution is 0.391. The average Bonchev–Trinajstić information content (AvgIpc) is 3.38. The Hall–Kier alpha value is -1.52. The molecule has 1 aliphatic rings. The van der Waals surface area contributed by atoms with Gasteiger partial charge in [0.05, 0.1) is 9.79 Å². The fourth-order valence-corrected chi connectivity index (χ4v) is 4.94. The van der Waals surface area contributed by atoms with Crippen LogP contribution in [0.3, 0.4) is 0 Å². The number of rotatable bonds is 6. The number of benzene rings is 2. The standard InChI is InChI=1S/C16H16ClFN2O4S2/c17-15-2-1-3-16(18)14(15)10-20(11-4-5-11)26(23,24)13-8-6-12(7-9-13)25(19,21)22/h1-3,6-9,11H,4-5,10H2,(H2,19,21,22). The van der Waals surface area contributed by atoms with Crippen molar-refractivity contribution in [2.75, 3.05) is 0 Å². The molecule has 1 aliphatic carbocycles. The molecule has 2 aromatic rings. The Morgan fingerprint density at radius 3 is 2.12 bits per heavy atom. The molecule has 0 atom stereocenters. The van der Waals surface area contributed by atoms with Crippen LogP contribution in [0.5, 0.6) is 0 Å². The van der Waals surface area contributed by atoms with Crippen molar-refractivity contribution in [1.29, 1.82) is 0 Å². The van der Waals surface area contributed by atoms with Gasteiger partial charge in [0.15, 0.2) is 0 Å². The first-order valence-electron chi connectivity index (χ1n) is 7.68. The number of hydrogen-bond donors (Lipinski definition) is 1. The van der Waals surface area contributed by atoms with Crippen LogP contribution in [-0.4, -0.2) is 27.2 Å². The van der Waals surface area contributed by atoms with Gasteiger partial charge in [0.25, 0.3) is 0 Å². The summed E-state index contributed by atoms with van der Waals surface area (Å²) in [7, 11) is -7.88. The Morgan fingerprint density at radius 2 is 1.62 bits per heavy atom. The van der Waals surface area contributed by atoms with Gasteiger partial charge in [-0.25, -0.2) is 26.4 Å². The number of hydrogen-bond acceptors (Lipinski definition) is 4. The zero-order chi connectivity index (χ0) is 19.1. The maximum Gasteiger partial charge on any atom is 0.243 e. The molecule has 140 valence electrons. The molecule has 1 fully saturated rings. The Bertz CT molecular complexity index is 1020. The topological polar surface area (TPSA) is 97.5 Å². The Kier molecular flexibility index (Phi) is 5.11. The van der Waals surface area contributed by atoms with Gasteiger partial charge in [0, 0.05) is 23.2 Å². The number of nitrogens with zero attached hydrogens (tertiary/aromatic N) is 1. The maximum absolute atomic E-state index is 14.1. The van der Waals surface area contributed by atoms with Crippen molar-refractivity contribution in [3.63, 3.8) is 0 Å². The summed E-state index contributed by atoms with van der Waals surface area (Å²) in [6.07, 6.45) is 1.33. The first-order valence-corrected chi connectivity index (χ1v) is 11.0. The molecule has 0 spiro atoms. The SMILES string of the molecule is NS(=O)(=O)c1ccc(S(=O)(=O)N(Cc2c(F)cccc2Cl)C2CC2)cc1. The summed E-state index contributed by atoms with van der Waals surface area (Å²) in [5.41, 5.74) is 0.103. The molecular formula is C16H16ClFN2O4S2. The van der Waals surface area contributed by atoms with Gasteiger partial charge in [-0.1, -0.05) is 17.7 Å². The average molecular weight is 419 g/mol. The van der Waals surface area contributed by atoms with Gasteiger partial charge in [0.1, 0.15) is 5.82 Å². The molecule has 26 heavy (non-hydrogen) atoms. The number of halogens is 2. The second-order valence-electron chi connectivity index (χ2n) is 6.00. The lowest BCUT2D eigenvalue weighted by Gasteiger charge is -2.23. The van der Waals surface area contributed by atoms with Crippen molar-refractivity contribution in [1.82, 2.24) is 4.31 Å². The summed E-state index contributed by atoms with van der Waals surface area (Å²) in [4.78, 5) is -0.282. The summed E-state index contributed by atoms with van der Waals surface area (Å²) < 4.78 is 63.9. The van der Waals surface area contributed by atoms with Crippen LogP contribution >= 0.6 is 11.6 Å². The molecule has 0 amide bonds. The van der Waals surface area contributed by atoms with Gasteiger partial charge in [-0.3, -0.25) is 0 Å². The normalized spacial score (nSPS) is 15.4. The van der Waals surface area contributed by atoms with E-state index in [2.05, 4.69) is 0 Å². The Labute approximate surface area is 156 Å². The largest absolute Gasteiger partial charge is 0.243 e. The molecular weight excluding hydrogens is 403 g/mol. The molecule has 0 bridgehead atoms. The van der Waals surface area contributed by atoms with E-state index in [1.54, 1.807) is 0 Å². The minimum absolute atomic E-state index is 0.0933. The van der Waals surface area contributed by atoms with E-state index in [4.69, 9.17) is 16.7 Å². The van der Waals surface area contributed by atoms with Gasteiger partial charge in [-0.2, -0.15) is 4.31 Å². The van der Waals surface area contributed by atoms with Gasteiger partial charge in [-0.05, 0) is 49.2 Å². The number of sulfonamides is 2. The van der Waals surface area contributed by atoms with Gasteiger partial charge in [-0.15, -0.1) is 0 Å². The van der Waals surface area contributed by atoms with Crippen LogP contribution in [0, 0.1) is 5.82 Å². The first kappa shape index (κ1) is 19.2. The lowest BCUT2D eigenvalue weighted by atomic mass is 10.2. The molecule has 2 N–H and O–H groups in total. The van der Waals surface area contributed by atoms with Crippen LogP contribution in [0.15, 0.2) is 52.3 Å². The third-order valence-corrected chi connectivity index (χ3v) is 7.28. The van der Waals surface area contributed by atoms with Crippen LogP contribution in [0.2, 0.25) is 5.02 Å². The monoisotopic (exact) mass is 418 g/mol. The molecule has 1 saturated carbocycles. The molecule has 6 nitrogen and oxygen atoms in total. The smallest absolute Gasteiger partial charge is 0.225 e. The van der Waals surface area contributed by atoms with Crippen molar-refractivity contribution >= 4 is 31.6 Å². The summed E-state index contributed by atoms with van der Waals surface area (Å²) in [5.74, 6) is -0.581. The molecule has 10 heteroatoms. The molecule has 3 rings (SSSR count). The lowest BCUT2D eigenvalue weighted by Crippen LogP contribution is -2.33. The quantitative estimate of drug-likeness (QED) is 0.779. The highest BCUT2D eigenvalue weighted by molar-refractivity contribution is 7.89. The molecule has 0 heterocycles. The summed E-state index contributed by atoms with van der Waals surface area (Å²) in [5, 5.41) is 5.17. The van der Waals surface area contributed by atoms with Crippen molar-refractivity contribution in [2.24, 2.45) is 5.14 Å². The zero-order valence-electron chi connectivity index (χ0n) is 13.5. The number of nitrogens with two attached hydrogens (primary N) is 1. The van der Waals surface area contributed by atoms with E-state index in [9.17, 15) is 21.2 Å². The van der Waals surface area contributed by atoms with Crippen molar-refractivity contribution < 1.29 is 21.2 Å². The van der Waals surface area contributed by atoms with Gasteiger partial charge >= 0.3 is 0 Å². The molecule has 0 aromatic heterocycles. The van der Waals surface area contributed by atoms with E-state index in [0.717, 1.165) is 12.1 Å². The Balaban J connectivity index is 1.97. The minimum atomic E-state index is -3.96. The minimum Gasteiger partial charge on any atom is -0.225 e. The van der Waals surface area contributed by atoms with Crippen molar-refractivity contribution in [2.45, 2.75) is 35.2 Å². The predicted molar refractivity (Wildman–Crippen MR) is 95.0 cm³/mol. The van der Waals surface area contributed by atoms with Gasteiger partial charge in [0.2, 0.25) is 20.0 Å². The van der Waals surface area contributed by atoms with Crippen LogP contribution in [0.4, 0.5) is 4.39 Å². The van der Waals surface area contributed by atoms with Gasteiger partial charge < -0.3 is 0 Å². The van der Waals surface area contributed by atoms with Crippen LogP contribution < -0.4 is 5.14 Å². The fourth-order valence-electron chi connectivity index (χ4n) is 2.55. The Morgan fingerprint density at radius 1 is 1.04 bits per heavy atom. The summed E-state index contributed by atoms with van der Waals surface area (Å²) >= 11 is 6.02. The summed E-state index contributed by atoms with van der Waals surface area (Å²) in [6.45, 7) is -0.199. The van der Waals surface area contributed by atoms with E-state index in [0.29, 0.717) is 12.8 Å². The van der Waals surface area contributed by atoms with Crippen LogP contribution in [-0.2, 0) is 26.6 Å². The zero-order valence-corrected chi connectivity index (χ0v) is 15.9. The second kappa shape index (κ2) is 6.90. The molecule has 0 unspecified atom stereocenters.